The minimum absolute atomic E-state index is 0.140. The van der Waals surface area contributed by atoms with E-state index < -0.39 is 0 Å². The summed E-state index contributed by atoms with van der Waals surface area (Å²) >= 11 is 1.79. The number of nitrogens with two attached hydrogens (primary N) is 1. The van der Waals surface area contributed by atoms with Gasteiger partial charge in [0.25, 0.3) is 0 Å². The van der Waals surface area contributed by atoms with Crippen molar-refractivity contribution in [3.63, 3.8) is 0 Å². The molecule has 1 aromatic carbocycles. The van der Waals surface area contributed by atoms with Crippen molar-refractivity contribution >= 4 is 11.3 Å². The lowest BCUT2D eigenvalue weighted by molar-refractivity contribution is 0.153. The third-order valence-corrected chi connectivity index (χ3v) is 6.01. The lowest BCUT2D eigenvalue weighted by Crippen LogP contribution is -2.14. The zero-order valence-corrected chi connectivity index (χ0v) is 15.6. The summed E-state index contributed by atoms with van der Waals surface area (Å²) in [6.45, 7) is 4.04. The molecule has 0 fully saturated rings. The highest BCUT2D eigenvalue weighted by Gasteiger charge is 2.22. The first-order chi connectivity index (χ1) is 12.1. The Morgan fingerprint density at radius 1 is 1.28 bits per heavy atom. The van der Waals surface area contributed by atoms with Gasteiger partial charge >= 0.3 is 0 Å². The molecule has 130 valence electrons. The summed E-state index contributed by atoms with van der Waals surface area (Å²) in [4.78, 5) is 5.98. The topological polar surface area (TPSA) is 48.1 Å². The molecule has 1 aromatic heterocycles. The van der Waals surface area contributed by atoms with E-state index in [0.29, 0.717) is 0 Å². The van der Waals surface area contributed by atoms with E-state index in [0.717, 1.165) is 22.9 Å². The van der Waals surface area contributed by atoms with Crippen LogP contribution < -0.4 is 5.73 Å². The summed E-state index contributed by atoms with van der Waals surface area (Å²) < 4.78 is 5.76. The molecule has 0 spiro atoms. The predicted molar refractivity (Wildman–Crippen MR) is 104 cm³/mol. The second-order valence-corrected chi connectivity index (χ2v) is 8.15. The highest BCUT2D eigenvalue weighted by molar-refractivity contribution is 7.15. The summed E-state index contributed by atoms with van der Waals surface area (Å²) in [5.41, 5.74) is 11.4. The van der Waals surface area contributed by atoms with Gasteiger partial charge in [0.1, 0.15) is 10.8 Å². The van der Waals surface area contributed by atoms with E-state index in [1.807, 2.05) is 26.1 Å². The van der Waals surface area contributed by atoms with Crippen molar-refractivity contribution in [2.24, 2.45) is 5.73 Å². The quantitative estimate of drug-likeness (QED) is 0.848. The maximum Gasteiger partial charge on any atom is 0.138 e. The molecule has 1 atom stereocenters. The molecule has 0 aliphatic heterocycles. The van der Waals surface area contributed by atoms with Crippen LogP contribution in [0.25, 0.3) is 10.4 Å². The van der Waals surface area contributed by atoms with E-state index in [1.165, 1.54) is 40.8 Å². The predicted octanol–water partition coefficient (Wildman–Crippen LogP) is 4.94. The molecule has 4 heteroatoms. The van der Waals surface area contributed by atoms with Gasteiger partial charge in [0.2, 0.25) is 0 Å². The SMILES string of the molecule is CC(C)OC1=C(N)CC(c2ncc(-c3cccc4c3CCC4)s2)C=C1. The number of fused-ring (bicyclic) bond motifs is 1. The molecule has 0 amide bonds. The monoisotopic (exact) mass is 352 g/mol. The van der Waals surface area contributed by atoms with E-state index in [2.05, 4.69) is 24.3 Å². The number of hydrogen-bond donors (Lipinski definition) is 1. The first-order valence-corrected chi connectivity index (χ1v) is 9.84. The van der Waals surface area contributed by atoms with Gasteiger partial charge in [-0.15, -0.1) is 11.3 Å². The van der Waals surface area contributed by atoms with Gasteiger partial charge in [-0.3, -0.25) is 0 Å². The Bertz CT molecular complexity index is 847. The number of allylic oxidation sites excluding steroid dienone is 3. The Morgan fingerprint density at radius 2 is 2.16 bits per heavy atom. The zero-order chi connectivity index (χ0) is 17.4. The number of hydrogen-bond acceptors (Lipinski definition) is 4. The Kier molecular flexibility index (Phi) is 4.38. The first kappa shape index (κ1) is 16.4. The maximum atomic E-state index is 6.23. The molecule has 2 aliphatic carbocycles. The third-order valence-electron chi connectivity index (χ3n) is 4.85. The van der Waals surface area contributed by atoms with Crippen molar-refractivity contribution in [2.45, 2.75) is 51.6 Å². The van der Waals surface area contributed by atoms with Gasteiger partial charge < -0.3 is 10.5 Å². The molecule has 2 N–H and O–H groups in total. The van der Waals surface area contributed by atoms with Crippen LogP contribution in [-0.4, -0.2) is 11.1 Å². The molecule has 2 aliphatic rings. The molecule has 4 rings (SSSR count). The number of aryl methyl sites for hydroxylation is 1. The number of benzene rings is 1. The summed E-state index contributed by atoms with van der Waals surface area (Å²) in [6.07, 6.45) is 10.8. The van der Waals surface area contributed by atoms with Crippen LogP contribution in [0.2, 0.25) is 0 Å². The second kappa shape index (κ2) is 6.68. The maximum absolute atomic E-state index is 6.23. The average Bonchev–Trinajstić information content (AvgIpc) is 3.24. The van der Waals surface area contributed by atoms with E-state index in [9.17, 15) is 0 Å². The van der Waals surface area contributed by atoms with Gasteiger partial charge in [0.05, 0.1) is 16.7 Å². The van der Waals surface area contributed by atoms with Crippen molar-refractivity contribution in [3.8, 4) is 10.4 Å². The fourth-order valence-electron chi connectivity index (χ4n) is 3.69. The van der Waals surface area contributed by atoms with Crippen molar-refractivity contribution < 1.29 is 4.74 Å². The standard InChI is InChI=1S/C21H24N2OS/c1-13(2)24-19-10-9-15(11-18(19)22)21-23-12-20(25-21)17-8-4-6-14-5-3-7-16(14)17/h4,6,8-10,12-13,15H,3,5,7,11,22H2,1-2H3. The average molecular weight is 353 g/mol. The summed E-state index contributed by atoms with van der Waals surface area (Å²) in [6, 6.07) is 6.68. The molecule has 1 unspecified atom stereocenters. The van der Waals surface area contributed by atoms with Gasteiger partial charge in [0, 0.05) is 18.5 Å². The Labute approximate surface area is 153 Å². The number of rotatable bonds is 4. The number of nitrogens with zero attached hydrogens (tertiary/aromatic N) is 1. The summed E-state index contributed by atoms with van der Waals surface area (Å²) in [7, 11) is 0. The normalized spacial score (nSPS) is 19.6. The van der Waals surface area contributed by atoms with Crippen LogP contribution in [0.15, 0.2) is 48.0 Å². The lowest BCUT2D eigenvalue weighted by atomic mass is 9.98. The minimum atomic E-state index is 0.140. The molecular formula is C21H24N2OS. The fourth-order valence-corrected chi connectivity index (χ4v) is 4.74. The van der Waals surface area contributed by atoms with Crippen molar-refractivity contribution in [2.75, 3.05) is 0 Å². The van der Waals surface area contributed by atoms with E-state index in [4.69, 9.17) is 15.5 Å². The van der Waals surface area contributed by atoms with Crippen LogP contribution in [0.4, 0.5) is 0 Å². The molecule has 0 saturated carbocycles. The first-order valence-electron chi connectivity index (χ1n) is 9.02. The molecule has 3 nitrogen and oxygen atoms in total. The van der Waals surface area contributed by atoms with E-state index in [1.54, 1.807) is 11.3 Å². The zero-order valence-electron chi connectivity index (χ0n) is 14.8. The van der Waals surface area contributed by atoms with Gasteiger partial charge in [-0.05, 0) is 55.9 Å². The van der Waals surface area contributed by atoms with Crippen LogP contribution >= 0.6 is 11.3 Å². The fraction of sp³-hybridized carbons (Fsp3) is 0.381. The highest BCUT2D eigenvalue weighted by atomic mass is 32.1. The van der Waals surface area contributed by atoms with Crippen LogP contribution in [0, 0.1) is 0 Å². The third kappa shape index (κ3) is 3.23. The lowest BCUT2D eigenvalue weighted by Gasteiger charge is -2.20. The van der Waals surface area contributed by atoms with E-state index >= 15 is 0 Å². The molecular weight excluding hydrogens is 328 g/mol. The van der Waals surface area contributed by atoms with Crippen LogP contribution in [-0.2, 0) is 17.6 Å². The summed E-state index contributed by atoms with van der Waals surface area (Å²) in [5.74, 6) is 1.05. The van der Waals surface area contributed by atoms with Crippen LogP contribution in [0.1, 0.15) is 48.7 Å². The number of ether oxygens (including phenoxy) is 1. The largest absolute Gasteiger partial charge is 0.489 e. The number of aromatic nitrogens is 1. The molecule has 1 heterocycles. The molecule has 2 aromatic rings. The molecule has 0 radical (unpaired) electrons. The smallest absolute Gasteiger partial charge is 0.138 e. The van der Waals surface area contributed by atoms with Gasteiger partial charge in [-0.25, -0.2) is 4.98 Å². The van der Waals surface area contributed by atoms with Crippen LogP contribution in [0.5, 0.6) is 0 Å². The highest BCUT2D eigenvalue weighted by Crippen LogP contribution is 2.39. The summed E-state index contributed by atoms with van der Waals surface area (Å²) in [5, 5.41) is 1.13. The minimum Gasteiger partial charge on any atom is -0.489 e. The van der Waals surface area contributed by atoms with Crippen molar-refractivity contribution in [1.82, 2.24) is 4.98 Å². The van der Waals surface area contributed by atoms with E-state index in [-0.39, 0.29) is 12.0 Å². The van der Waals surface area contributed by atoms with Gasteiger partial charge in [-0.2, -0.15) is 0 Å². The molecule has 0 saturated heterocycles. The van der Waals surface area contributed by atoms with Crippen molar-refractivity contribution in [1.29, 1.82) is 0 Å². The van der Waals surface area contributed by atoms with Crippen LogP contribution in [0.3, 0.4) is 0 Å². The van der Waals surface area contributed by atoms with Crippen molar-refractivity contribution in [3.05, 3.63) is 64.1 Å². The second-order valence-electron chi connectivity index (χ2n) is 7.09. The van der Waals surface area contributed by atoms with Gasteiger partial charge in [-0.1, -0.05) is 24.3 Å². The molecule has 25 heavy (non-hydrogen) atoms. The molecule has 0 bridgehead atoms. The number of thiazole rings is 1. The Hall–Kier alpha value is -2.07. The van der Waals surface area contributed by atoms with Gasteiger partial charge in [0.15, 0.2) is 0 Å². The Morgan fingerprint density at radius 3 is 2.96 bits per heavy atom. The Balaban J connectivity index is 1.57.